The van der Waals surface area contributed by atoms with Gasteiger partial charge in [-0.1, -0.05) is 84.9 Å². The lowest BCUT2D eigenvalue weighted by Gasteiger charge is -2.27. The van der Waals surface area contributed by atoms with Gasteiger partial charge in [0.05, 0.1) is 15.5 Å². The first-order valence-corrected chi connectivity index (χ1v) is 14.6. The van der Waals surface area contributed by atoms with Gasteiger partial charge < -0.3 is 4.90 Å². The summed E-state index contributed by atoms with van der Waals surface area (Å²) in [4.78, 5) is 1.41. The normalized spacial score (nSPS) is 12.1. The van der Waals surface area contributed by atoms with Gasteiger partial charge in [0.2, 0.25) is 19.7 Å². The smallest absolute Gasteiger partial charge is 0.220 e. The first-order chi connectivity index (χ1) is 17.7. The molecule has 0 aliphatic carbocycles. The van der Waals surface area contributed by atoms with Crippen molar-refractivity contribution in [1.82, 2.24) is 0 Å². The second kappa shape index (κ2) is 11.0. The summed E-state index contributed by atoms with van der Waals surface area (Å²) < 4.78 is 56.1. The molecule has 4 rings (SSSR count). The number of likely N-dealkylation sites (N-methyl/N-ethyl adjacent to an activating group) is 1. The molecule has 0 heterocycles. The molecule has 7 heteroatoms. The van der Waals surface area contributed by atoms with Gasteiger partial charge in [-0.25, -0.2) is 16.8 Å². The Hall–Kier alpha value is -3.94. The number of anilines is 1. The minimum Gasteiger partial charge on any atom is -0.343 e. The number of rotatable bonds is 8. The van der Waals surface area contributed by atoms with Crippen LogP contribution in [0.1, 0.15) is 12.5 Å². The molecule has 4 aromatic rings. The van der Waals surface area contributed by atoms with Gasteiger partial charge >= 0.3 is 0 Å². The highest BCUT2D eigenvalue weighted by Crippen LogP contribution is 2.37. The van der Waals surface area contributed by atoms with Crippen LogP contribution in [-0.4, -0.2) is 23.9 Å². The summed E-state index contributed by atoms with van der Waals surface area (Å²) in [5.74, 6) is 0. The molecule has 0 spiro atoms. The summed E-state index contributed by atoms with van der Waals surface area (Å²) >= 11 is 0. The van der Waals surface area contributed by atoms with E-state index in [1.807, 2.05) is 48.5 Å². The van der Waals surface area contributed by atoms with Crippen LogP contribution >= 0.6 is 0 Å². The molecule has 0 amide bonds. The molecule has 0 aliphatic rings. The summed E-state index contributed by atoms with van der Waals surface area (Å²) in [6, 6.07) is 33.8. The van der Waals surface area contributed by atoms with E-state index >= 15 is 0 Å². The fourth-order valence-electron chi connectivity index (χ4n) is 4.02. The lowest BCUT2D eigenvalue weighted by atomic mass is 10.1. The summed E-state index contributed by atoms with van der Waals surface area (Å²) in [6.45, 7) is 1.72. The standard InChI is InChI=1S/C30H27NO4S2/c1-24(23-25-15-7-3-8-16-25)29(31(2)26-17-9-4-10-18-26)30(36(32,33)27-19-11-5-12-20-27)37(34,35)28-21-13-6-14-22-28/h3-23H,1-2H3. The highest BCUT2D eigenvalue weighted by Gasteiger charge is 2.38. The Morgan fingerprint density at radius 3 is 1.41 bits per heavy atom. The lowest BCUT2D eigenvalue weighted by Crippen LogP contribution is -2.26. The zero-order valence-electron chi connectivity index (χ0n) is 20.5. The molecule has 0 atom stereocenters. The van der Waals surface area contributed by atoms with Crippen LogP contribution in [-0.2, 0) is 19.7 Å². The van der Waals surface area contributed by atoms with Gasteiger partial charge in [0.1, 0.15) is 0 Å². The van der Waals surface area contributed by atoms with E-state index in [0.717, 1.165) is 5.56 Å². The molecule has 0 N–H and O–H groups in total. The maximum atomic E-state index is 14.2. The number of hydrogen-bond donors (Lipinski definition) is 0. The van der Waals surface area contributed by atoms with E-state index in [2.05, 4.69) is 0 Å². The maximum Gasteiger partial charge on any atom is 0.220 e. The van der Waals surface area contributed by atoms with E-state index in [-0.39, 0.29) is 15.5 Å². The highest BCUT2D eigenvalue weighted by atomic mass is 32.3. The highest BCUT2D eigenvalue weighted by molar-refractivity contribution is 8.14. The Bertz CT molecular complexity index is 1560. The van der Waals surface area contributed by atoms with E-state index in [0.29, 0.717) is 11.3 Å². The predicted octanol–water partition coefficient (Wildman–Crippen LogP) is 6.34. The van der Waals surface area contributed by atoms with Gasteiger partial charge in [0.25, 0.3) is 0 Å². The first kappa shape index (κ1) is 26.1. The van der Waals surface area contributed by atoms with Gasteiger partial charge in [0, 0.05) is 12.7 Å². The third-order valence-corrected chi connectivity index (χ3v) is 10.3. The summed E-state index contributed by atoms with van der Waals surface area (Å²) in [5.41, 5.74) is 2.00. The molecule has 4 aromatic carbocycles. The minimum atomic E-state index is -4.49. The third kappa shape index (κ3) is 5.58. The number of hydrogen-bond acceptors (Lipinski definition) is 5. The third-order valence-electron chi connectivity index (χ3n) is 5.82. The fraction of sp³-hybridized carbons (Fsp3) is 0.0667. The van der Waals surface area contributed by atoms with E-state index in [1.165, 1.54) is 24.3 Å². The Labute approximate surface area is 218 Å². The Balaban J connectivity index is 2.14. The molecule has 0 fully saturated rings. The van der Waals surface area contributed by atoms with Crippen molar-refractivity contribution >= 4 is 31.4 Å². The van der Waals surface area contributed by atoms with Crippen LogP contribution < -0.4 is 4.90 Å². The number of benzene rings is 4. The number of para-hydroxylation sites is 1. The molecule has 37 heavy (non-hydrogen) atoms. The molecule has 0 unspecified atom stereocenters. The average Bonchev–Trinajstić information content (AvgIpc) is 2.93. The average molecular weight is 530 g/mol. The molecule has 188 valence electrons. The molecular weight excluding hydrogens is 502 g/mol. The fourth-order valence-corrected chi connectivity index (χ4v) is 8.32. The molecule has 0 aromatic heterocycles. The minimum absolute atomic E-state index is 0.0720. The van der Waals surface area contributed by atoms with Crippen molar-refractivity contribution in [3.63, 3.8) is 0 Å². The zero-order valence-corrected chi connectivity index (χ0v) is 22.2. The van der Waals surface area contributed by atoms with Crippen LogP contribution in [0.25, 0.3) is 6.08 Å². The summed E-state index contributed by atoms with van der Waals surface area (Å²) in [5, 5.41) is 0. The molecule has 0 aliphatic heterocycles. The summed E-state index contributed by atoms with van der Waals surface area (Å²) in [6.07, 6.45) is 1.79. The van der Waals surface area contributed by atoms with Crippen LogP contribution in [0.2, 0.25) is 0 Å². The van der Waals surface area contributed by atoms with Gasteiger partial charge in [-0.2, -0.15) is 0 Å². The topological polar surface area (TPSA) is 71.5 Å². The van der Waals surface area contributed by atoms with Crippen molar-refractivity contribution in [2.24, 2.45) is 0 Å². The molecular formula is C30H27NO4S2. The quantitative estimate of drug-likeness (QED) is 0.249. The van der Waals surface area contributed by atoms with E-state index in [1.54, 1.807) is 73.5 Å². The first-order valence-electron chi connectivity index (χ1n) is 11.6. The molecule has 0 saturated carbocycles. The van der Waals surface area contributed by atoms with Crippen molar-refractivity contribution in [3.8, 4) is 0 Å². The van der Waals surface area contributed by atoms with Crippen LogP contribution in [0.4, 0.5) is 5.69 Å². The van der Waals surface area contributed by atoms with Gasteiger partial charge in [-0.15, -0.1) is 0 Å². The van der Waals surface area contributed by atoms with Crippen molar-refractivity contribution in [2.45, 2.75) is 16.7 Å². The largest absolute Gasteiger partial charge is 0.343 e. The predicted molar refractivity (Wildman–Crippen MR) is 149 cm³/mol. The van der Waals surface area contributed by atoms with E-state index in [4.69, 9.17) is 0 Å². The van der Waals surface area contributed by atoms with Crippen molar-refractivity contribution < 1.29 is 16.8 Å². The second-order valence-electron chi connectivity index (χ2n) is 8.40. The maximum absolute atomic E-state index is 14.2. The lowest BCUT2D eigenvalue weighted by molar-refractivity contribution is 0.594. The Morgan fingerprint density at radius 1 is 0.595 bits per heavy atom. The Morgan fingerprint density at radius 2 is 0.973 bits per heavy atom. The number of allylic oxidation sites excluding steroid dienone is 1. The van der Waals surface area contributed by atoms with Gasteiger partial charge in [-0.05, 0) is 60.5 Å². The molecule has 5 nitrogen and oxygen atoms in total. The van der Waals surface area contributed by atoms with E-state index in [9.17, 15) is 16.8 Å². The second-order valence-corrected chi connectivity index (χ2v) is 12.4. The van der Waals surface area contributed by atoms with Crippen LogP contribution in [0.15, 0.2) is 147 Å². The van der Waals surface area contributed by atoms with Gasteiger partial charge in [-0.3, -0.25) is 0 Å². The van der Waals surface area contributed by atoms with Crippen LogP contribution in [0.5, 0.6) is 0 Å². The van der Waals surface area contributed by atoms with Crippen molar-refractivity contribution in [3.05, 3.63) is 142 Å². The molecule has 0 bridgehead atoms. The van der Waals surface area contributed by atoms with E-state index < -0.39 is 23.9 Å². The Kier molecular flexibility index (Phi) is 7.76. The molecule has 0 radical (unpaired) electrons. The molecule has 0 saturated heterocycles. The monoisotopic (exact) mass is 529 g/mol. The summed E-state index contributed by atoms with van der Waals surface area (Å²) in [7, 11) is -7.30. The van der Waals surface area contributed by atoms with Gasteiger partial charge in [0.15, 0.2) is 4.24 Å². The zero-order chi connectivity index (χ0) is 26.5. The number of sulfone groups is 2. The SMILES string of the molecule is CC(=Cc1ccccc1)C(=C(S(=O)(=O)c1ccccc1)S(=O)(=O)c1ccccc1)N(C)c1ccccc1. The van der Waals surface area contributed by atoms with Crippen molar-refractivity contribution in [2.75, 3.05) is 11.9 Å². The van der Waals surface area contributed by atoms with Crippen molar-refractivity contribution in [1.29, 1.82) is 0 Å². The van der Waals surface area contributed by atoms with Crippen LogP contribution in [0, 0.1) is 0 Å². The van der Waals surface area contributed by atoms with Crippen LogP contribution in [0.3, 0.4) is 0 Å². The number of nitrogens with zero attached hydrogens (tertiary/aromatic N) is 1.